The Labute approximate surface area is 341 Å². The van der Waals surface area contributed by atoms with Gasteiger partial charge in [0, 0.05) is 47.8 Å². The van der Waals surface area contributed by atoms with Crippen molar-refractivity contribution in [2.24, 2.45) is 5.73 Å². The largest absolute Gasteiger partial charge is 0.480 e. The van der Waals surface area contributed by atoms with Crippen molar-refractivity contribution in [3.8, 4) is 18.1 Å². The average Bonchev–Trinajstić information content (AvgIpc) is 3.83. The maximum atomic E-state index is 14.4. The maximum absolute atomic E-state index is 14.4. The number of sulfone groups is 1. The third-order valence-corrected chi connectivity index (χ3v) is 11.6. The zero-order valence-electron chi connectivity index (χ0n) is 31.7. The van der Waals surface area contributed by atoms with Gasteiger partial charge in [-0.05, 0) is 76.1 Å². The third-order valence-electron chi connectivity index (χ3n) is 9.09. The van der Waals surface area contributed by atoms with E-state index in [4.69, 9.17) is 43.0 Å². The molecule has 318 valence electrons. The predicted octanol–water partition coefficient (Wildman–Crippen LogP) is 6.52. The highest BCUT2D eigenvalue weighted by molar-refractivity contribution is 7.90. The lowest BCUT2D eigenvalue weighted by Gasteiger charge is -2.19. The number of benzene rings is 2. The summed E-state index contributed by atoms with van der Waals surface area (Å²) in [5.41, 5.74) is 4.53. The van der Waals surface area contributed by atoms with Crippen LogP contribution >= 0.6 is 19.0 Å². The normalized spacial score (nSPS) is 17.3. The molecule has 2 heterocycles. The summed E-state index contributed by atoms with van der Waals surface area (Å²) in [6.07, 6.45) is 6.33. The molecule has 1 aromatic heterocycles. The van der Waals surface area contributed by atoms with E-state index in [9.17, 15) is 49.7 Å². The van der Waals surface area contributed by atoms with Crippen LogP contribution in [0.25, 0.3) is 0 Å². The number of nitrogens with two attached hydrogens (primary N) is 1. The number of halogens is 5. The van der Waals surface area contributed by atoms with Crippen LogP contribution in [-0.4, -0.2) is 78.4 Å². The Kier molecular flexibility index (Phi) is 14.8. The second kappa shape index (κ2) is 18.6. The first-order valence-corrected chi connectivity index (χ1v) is 22.3. The van der Waals surface area contributed by atoms with E-state index in [-0.39, 0.29) is 46.1 Å². The summed E-state index contributed by atoms with van der Waals surface area (Å²) in [6.45, 7) is 2.81. The van der Waals surface area contributed by atoms with E-state index in [1.54, 1.807) is 6.92 Å². The van der Waals surface area contributed by atoms with Crippen molar-refractivity contribution in [3.63, 3.8) is 0 Å². The van der Waals surface area contributed by atoms with Crippen molar-refractivity contribution < 1.29 is 69.0 Å². The van der Waals surface area contributed by atoms with Gasteiger partial charge in [0.15, 0.2) is 34.9 Å². The molecular weight excluding hydrogens is 849 g/mol. The van der Waals surface area contributed by atoms with E-state index in [1.165, 1.54) is 18.9 Å². The second-order valence-corrected chi connectivity index (χ2v) is 18.9. The lowest BCUT2D eigenvalue weighted by atomic mass is 9.93. The van der Waals surface area contributed by atoms with Crippen LogP contribution in [0.1, 0.15) is 85.0 Å². The van der Waals surface area contributed by atoms with Crippen LogP contribution in [0.2, 0.25) is 5.02 Å². The van der Waals surface area contributed by atoms with Crippen molar-refractivity contribution in [2.75, 3.05) is 24.0 Å². The number of carboxylic acid groups (broad SMARTS) is 1. The van der Waals surface area contributed by atoms with E-state index in [2.05, 4.69) is 11.1 Å². The van der Waals surface area contributed by atoms with Crippen LogP contribution < -0.4 is 15.4 Å². The topological polar surface area (TPSA) is 224 Å². The Balaban J connectivity index is 0.000000210. The van der Waals surface area contributed by atoms with Gasteiger partial charge in [0.2, 0.25) is 0 Å². The van der Waals surface area contributed by atoms with E-state index >= 15 is 0 Å². The summed E-state index contributed by atoms with van der Waals surface area (Å²) in [5, 5.41) is 11.9. The summed E-state index contributed by atoms with van der Waals surface area (Å²) in [5.74, 6) is -0.658. The van der Waals surface area contributed by atoms with Crippen molar-refractivity contribution in [1.29, 1.82) is 0 Å². The summed E-state index contributed by atoms with van der Waals surface area (Å²) < 4.78 is 97.8. The molecule has 1 aliphatic heterocycles. The van der Waals surface area contributed by atoms with Gasteiger partial charge in [-0.1, -0.05) is 22.7 Å². The number of anilines is 1. The molecule has 3 atom stereocenters. The number of carbonyl (C=O) groups excluding carboxylic acids is 3. The zero-order chi connectivity index (χ0) is 44.2. The fourth-order valence-electron chi connectivity index (χ4n) is 5.86. The number of hydrogen-bond donors (Lipinski definition) is 3. The molecule has 59 heavy (non-hydrogen) atoms. The number of aromatic nitrogens is 1. The van der Waals surface area contributed by atoms with Gasteiger partial charge < -0.3 is 25.0 Å². The second-order valence-electron chi connectivity index (χ2n) is 14.0. The number of carboxylic acids is 1. The molecule has 1 saturated carbocycles. The Morgan fingerprint density at radius 2 is 1.73 bits per heavy atom. The van der Waals surface area contributed by atoms with Crippen molar-refractivity contribution in [3.05, 3.63) is 81.0 Å². The van der Waals surface area contributed by atoms with Crippen LogP contribution in [0.5, 0.6) is 5.75 Å². The minimum absolute atomic E-state index is 0.0233. The SMILES string of the molecule is C#CC(C)Oc1cc(N2C(=O)C3=C(CCCC3)C2=O)c(F)cc1Cl.CP(=O)(O)CCC(N)C(=O)O.CS(=O)(=O)c1cc(C(F)(F)F)ccc1C(=O)c1cnoc1C1CC1. The first-order valence-electron chi connectivity index (χ1n) is 17.8. The van der Waals surface area contributed by atoms with E-state index in [0.717, 1.165) is 49.0 Å². The number of ketones is 1. The standard InChI is InChI=1S/C18H15ClFNO3.C15H12F3NO4S.C5H12NO4P/c1-3-10(2)24-16-9-15(14(20)8-13(16)19)21-17(22)11-6-4-5-7-12(11)18(21)23;1-24(21,22)12-6-9(15(16,17)18)4-5-10(12)13(20)11-7-19-23-14(11)8-2-3-8;1-11(9,10)3-2-4(6)5(7)8/h1,8-10H,4-7H2,2H3;4-8H,2-3H2,1H3;4H,2-3,6H2,1H3,(H,7,8)(H,9,10). The quantitative estimate of drug-likeness (QED) is 0.0614. The van der Waals surface area contributed by atoms with Gasteiger partial charge in [0.25, 0.3) is 11.8 Å². The number of imide groups is 1. The minimum Gasteiger partial charge on any atom is -0.480 e. The zero-order valence-corrected chi connectivity index (χ0v) is 34.2. The molecule has 0 saturated heterocycles. The Morgan fingerprint density at radius 3 is 2.22 bits per heavy atom. The molecule has 14 nitrogen and oxygen atoms in total. The van der Waals surface area contributed by atoms with Crippen LogP contribution in [0.3, 0.4) is 0 Å². The molecule has 0 spiro atoms. The predicted molar refractivity (Wildman–Crippen MR) is 206 cm³/mol. The molecule has 2 aliphatic carbocycles. The number of ether oxygens (including phenoxy) is 1. The van der Waals surface area contributed by atoms with Gasteiger partial charge in [-0.3, -0.25) is 23.7 Å². The number of alkyl halides is 3. The highest BCUT2D eigenvalue weighted by Crippen LogP contribution is 2.43. The minimum atomic E-state index is -4.71. The number of terminal acetylenes is 1. The molecule has 4 N–H and O–H groups in total. The molecule has 3 aromatic rings. The number of aliphatic carboxylic acids is 1. The van der Waals surface area contributed by atoms with Gasteiger partial charge in [0.1, 0.15) is 17.6 Å². The number of rotatable bonds is 11. The summed E-state index contributed by atoms with van der Waals surface area (Å²) in [7, 11) is -7.14. The summed E-state index contributed by atoms with van der Waals surface area (Å²) in [4.78, 5) is 56.8. The van der Waals surface area contributed by atoms with E-state index in [1.807, 2.05) is 0 Å². The van der Waals surface area contributed by atoms with Gasteiger partial charge >= 0.3 is 12.1 Å². The van der Waals surface area contributed by atoms with E-state index in [0.29, 0.717) is 41.9 Å². The van der Waals surface area contributed by atoms with Crippen molar-refractivity contribution in [2.45, 2.75) is 81.0 Å². The lowest BCUT2D eigenvalue weighted by Crippen LogP contribution is -2.32. The fourth-order valence-corrected chi connectivity index (χ4v) is 7.72. The van der Waals surface area contributed by atoms with Crippen LogP contribution in [0, 0.1) is 18.2 Å². The molecular formula is C38H39ClF4N3O11PS. The van der Waals surface area contributed by atoms with Gasteiger partial charge in [-0.2, -0.15) is 13.2 Å². The molecule has 3 unspecified atom stereocenters. The van der Waals surface area contributed by atoms with Gasteiger partial charge in [-0.15, -0.1) is 6.42 Å². The van der Waals surface area contributed by atoms with Crippen molar-refractivity contribution >= 4 is 58.1 Å². The molecule has 1 fully saturated rings. The number of hydrogen-bond acceptors (Lipinski definition) is 11. The molecule has 21 heteroatoms. The van der Waals surface area contributed by atoms with Crippen LogP contribution in [0.4, 0.5) is 23.2 Å². The number of nitrogens with zero attached hydrogens (tertiary/aromatic N) is 2. The van der Waals surface area contributed by atoms with Gasteiger partial charge in [-0.25, -0.2) is 17.7 Å². The van der Waals surface area contributed by atoms with Crippen LogP contribution in [-0.2, 0) is 35.0 Å². The summed E-state index contributed by atoms with van der Waals surface area (Å²) in [6, 6.07) is 3.28. The summed E-state index contributed by atoms with van der Waals surface area (Å²) >= 11 is 5.97. The molecule has 0 radical (unpaired) electrons. The monoisotopic (exact) mass is 887 g/mol. The molecule has 3 aliphatic rings. The van der Waals surface area contributed by atoms with Gasteiger partial charge in [0.05, 0.1) is 32.9 Å². The smallest absolute Gasteiger partial charge is 0.416 e. The van der Waals surface area contributed by atoms with Crippen molar-refractivity contribution in [1.82, 2.24) is 5.16 Å². The van der Waals surface area contributed by atoms with E-state index < -0.39 is 75.4 Å². The highest BCUT2D eigenvalue weighted by atomic mass is 35.5. The number of amides is 2. The molecule has 6 rings (SSSR count). The Bertz CT molecular complexity index is 2360. The maximum Gasteiger partial charge on any atom is 0.416 e. The lowest BCUT2D eigenvalue weighted by molar-refractivity contribution is -0.139. The Morgan fingerprint density at radius 1 is 1.14 bits per heavy atom. The third kappa shape index (κ3) is 11.9. The highest BCUT2D eigenvalue weighted by Gasteiger charge is 2.41. The first-order chi connectivity index (χ1) is 27.3. The molecule has 0 bridgehead atoms. The molecule has 2 aromatic carbocycles. The average molecular weight is 888 g/mol. The fraction of sp³-hybridized carbons (Fsp3) is 0.395. The van der Waals surface area contributed by atoms with Crippen LogP contribution in [0.15, 0.2) is 57.1 Å². The molecule has 2 amide bonds. The number of carbonyl (C=O) groups is 4. The first kappa shape index (κ1) is 46.8. The Hall–Kier alpha value is -4.86.